The minimum atomic E-state index is -0.407. The third-order valence-electron chi connectivity index (χ3n) is 3.57. The predicted octanol–water partition coefficient (Wildman–Crippen LogP) is 3.37. The molecular formula is C17H15FN2O4. The van der Waals surface area contributed by atoms with Gasteiger partial charge in [-0.2, -0.15) is 0 Å². The number of aromatic nitrogens is 2. The van der Waals surface area contributed by atoms with Crippen LogP contribution in [0.5, 0.6) is 0 Å². The van der Waals surface area contributed by atoms with E-state index in [2.05, 4.69) is 10.3 Å². The molecule has 0 saturated carbocycles. The van der Waals surface area contributed by atoms with Crippen LogP contribution in [-0.2, 0) is 22.6 Å². The van der Waals surface area contributed by atoms with Crippen molar-refractivity contribution in [3.05, 3.63) is 58.9 Å². The van der Waals surface area contributed by atoms with Crippen LogP contribution in [0.15, 0.2) is 39.4 Å². The summed E-state index contributed by atoms with van der Waals surface area (Å²) in [5.74, 6) is 0.346. The molecule has 2 heterocycles. The fraction of sp³-hybridized carbons (Fsp3) is 0.235. The van der Waals surface area contributed by atoms with Crippen molar-refractivity contribution in [3.8, 4) is 11.3 Å². The second-order valence-electron chi connectivity index (χ2n) is 5.33. The smallest absolute Gasteiger partial charge is 0.310 e. The summed E-state index contributed by atoms with van der Waals surface area (Å²) in [5.41, 5.74) is 2.57. The number of nitrogens with zero attached hydrogens (tertiary/aromatic N) is 2. The molecular weight excluding hydrogens is 315 g/mol. The Labute approximate surface area is 137 Å². The second kappa shape index (κ2) is 6.66. The van der Waals surface area contributed by atoms with Crippen molar-refractivity contribution < 1.29 is 23.0 Å². The predicted molar refractivity (Wildman–Crippen MR) is 81.4 cm³/mol. The molecule has 0 aliphatic heterocycles. The quantitative estimate of drug-likeness (QED) is 0.667. The summed E-state index contributed by atoms with van der Waals surface area (Å²) in [7, 11) is 0. The number of ether oxygens (including phenoxy) is 1. The van der Waals surface area contributed by atoms with Crippen LogP contribution in [-0.4, -0.2) is 16.3 Å². The highest BCUT2D eigenvalue weighted by molar-refractivity contribution is 5.73. The van der Waals surface area contributed by atoms with E-state index in [9.17, 15) is 9.18 Å². The van der Waals surface area contributed by atoms with Crippen molar-refractivity contribution in [2.75, 3.05) is 0 Å². The van der Waals surface area contributed by atoms with Crippen LogP contribution < -0.4 is 0 Å². The number of benzene rings is 1. The third kappa shape index (κ3) is 3.51. The van der Waals surface area contributed by atoms with Crippen molar-refractivity contribution in [1.82, 2.24) is 10.3 Å². The van der Waals surface area contributed by atoms with E-state index in [1.54, 1.807) is 32.0 Å². The normalized spacial score (nSPS) is 10.8. The van der Waals surface area contributed by atoms with E-state index in [1.165, 1.54) is 12.1 Å². The first kappa shape index (κ1) is 15.9. The molecule has 24 heavy (non-hydrogen) atoms. The van der Waals surface area contributed by atoms with Gasteiger partial charge in [0.05, 0.1) is 12.1 Å². The summed E-state index contributed by atoms with van der Waals surface area (Å²) in [6.45, 7) is 3.51. The van der Waals surface area contributed by atoms with Gasteiger partial charge in [-0.1, -0.05) is 10.3 Å². The van der Waals surface area contributed by atoms with Crippen LogP contribution in [0.4, 0.5) is 4.39 Å². The molecule has 3 aromatic rings. The van der Waals surface area contributed by atoms with Crippen LogP contribution in [0, 0.1) is 19.7 Å². The molecule has 0 atom stereocenters. The topological polar surface area (TPSA) is 78.4 Å². The highest BCUT2D eigenvalue weighted by Crippen LogP contribution is 2.21. The first-order valence-corrected chi connectivity index (χ1v) is 7.32. The Kier molecular flexibility index (Phi) is 4.41. The maximum Gasteiger partial charge on any atom is 0.310 e. The second-order valence-corrected chi connectivity index (χ2v) is 5.33. The molecule has 7 heteroatoms. The summed E-state index contributed by atoms with van der Waals surface area (Å²) in [6.07, 6.45) is 0.0871. The van der Waals surface area contributed by atoms with Gasteiger partial charge in [0.15, 0.2) is 5.76 Å². The lowest BCUT2D eigenvalue weighted by Crippen LogP contribution is -2.09. The molecule has 0 aliphatic rings. The van der Waals surface area contributed by atoms with Gasteiger partial charge in [-0.15, -0.1) is 0 Å². The lowest BCUT2D eigenvalue weighted by Gasteiger charge is -2.01. The highest BCUT2D eigenvalue weighted by atomic mass is 19.1. The molecule has 0 N–H and O–H groups in total. The Hall–Kier alpha value is -2.96. The van der Waals surface area contributed by atoms with Gasteiger partial charge >= 0.3 is 5.97 Å². The Morgan fingerprint density at radius 1 is 1.17 bits per heavy atom. The average Bonchev–Trinajstić information content (AvgIpc) is 3.16. The van der Waals surface area contributed by atoms with Crippen LogP contribution >= 0.6 is 0 Å². The van der Waals surface area contributed by atoms with E-state index in [4.69, 9.17) is 13.8 Å². The number of halogens is 1. The van der Waals surface area contributed by atoms with Crippen molar-refractivity contribution >= 4 is 5.97 Å². The van der Waals surface area contributed by atoms with E-state index in [-0.39, 0.29) is 18.8 Å². The first-order valence-electron chi connectivity index (χ1n) is 7.32. The fourth-order valence-corrected chi connectivity index (χ4v) is 2.23. The maximum atomic E-state index is 12.9. The monoisotopic (exact) mass is 330 g/mol. The number of hydrogen-bond acceptors (Lipinski definition) is 6. The van der Waals surface area contributed by atoms with Gasteiger partial charge in [0.2, 0.25) is 0 Å². The largest absolute Gasteiger partial charge is 0.459 e. The fourth-order valence-electron chi connectivity index (χ4n) is 2.23. The van der Waals surface area contributed by atoms with Crippen LogP contribution in [0.2, 0.25) is 0 Å². The molecule has 3 rings (SSSR count). The number of esters is 1. The molecule has 0 radical (unpaired) electrons. The minimum Gasteiger partial charge on any atom is -0.459 e. The molecule has 0 amide bonds. The van der Waals surface area contributed by atoms with Crippen LogP contribution in [0.25, 0.3) is 11.3 Å². The Bertz CT molecular complexity index is 832. The van der Waals surface area contributed by atoms with E-state index in [0.717, 1.165) is 5.56 Å². The van der Waals surface area contributed by atoms with E-state index in [1.807, 2.05) is 0 Å². The lowest BCUT2D eigenvalue weighted by molar-refractivity contribution is -0.144. The number of aryl methyl sites for hydroxylation is 2. The lowest BCUT2D eigenvalue weighted by atomic mass is 10.1. The Morgan fingerprint density at radius 3 is 2.58 bits per heavy atom. The maximum absolute atomic E-state index is 12.9. The van der Waals surface area contributed by atoms with Crippen molar-refractivity contribution in [1.29, 1.82) is 0 Å². The molecule has 0 aliphatic carbocycles. The highest BCUT2D eigenvalue weighted by Gasteiger charge is 2.15. The van der Waals surface area contributed by atoms with E-state index >= 15 is 0 Å². The molecule has 0 bridgehead atoms. The molecule has 124 valence electrons. The number of rotatable bonds is 5. The van der Waals surface area contributed by atoms with Crippen LogP contribution in [0.3, 0.4) is 0 Å². The Balaban J connectivity index is 1.59. The molecule has 2 aromatic heterocycles. The zero-order valence-corrected chi connectivity index (χ0v) is 13.2. The number of carbonyl (C=O) groups excluding carboxylic acids is 1. The van der Waals surface area contributed by atoms with E-state index in [0.29, 0.717) is 28.5 Å². The zero-order valence-electron chi connectivity index (χ0n) is 13.2. The Morgan fingerprint density at radius 2 is 1.92 bits per heavy atom. The summed E-state index contributed by atoms with van der Waals surface area (Å²) in [5, 5.41) is 7.64. The molecule has 1 aromatic carbocycles. The van der Waals surface area contributed by atoms with Crippen molar-refractivity contribution in [2.24, 2.45) is 0 Å². The van der Waals surface area contributed by atoms with Crippen LogP contribution in [0.1, 0.15) is 22.7 Å². The minimum absolute atomic E-state index is 0.00704. The average molecular weight is 330 g/mol. The third-order valence-corrected chi connectivity index (χ3v) is 3.57. The van der Waals surface area contributed by atoms with E-state index < -0.39 is 5.97 Å². The number of hydrogen-bond donors (Lipinski definition) is 0. The molecule has 0 unspecified atom stereocenters. The summed E-state index contributed by atoms with van der Waals surface area (Å²) in [4.78, 5) is 11.9. The van der Waals surface area contributed by atoms with Gasteiger partial charge in [-0.3, -0.25) is 4.79 Å². The zero-order chi connectivity index (χ0) is 17.1. The van der Waals surface area contributed by atoms with Gasteiger partial charge in [0, 0.05) is 17.2 Å². The molecule has 0 fully saturated rings. The van der Waals surface area contributed by atoms with Crippen molar-refractivity contribution in [3.63, 3.8) is 0 Å². The first-order chi connectivity index (χ1) is 11.5. The molecule has 0 spiro atoms. The van der Waals surface area contributed by atoms with Gasteiger partial charge in [0.25, 0.3) is 0 Å². The van der Waals surface area contributed by atoms with Gasteiger partial charge < -0.3 is 13.8 Å². The summed E-state index contributed by atoms with van der Waals surface area (Å²) < 4.78 is 28.3. The standard InChI is InChI=1S/C17H15FN2O4/c1-10-15(11(2)23-19-10)8-17(21)22-9-14-7-16(24-20-14)12-3-5-13(18)6-4-12/h3-7H,8-9H2,1-2H3. The SMILES string of the molecule is Cc1noc(C)c1CC(=O)OCc1cc(-c2ccc(F)cc2)on1. The number of carbonyl (C=O) groups is 1. The van der Waals surface area contributed by atoms with Crippen molar-refractivity contribution in [2.45, 2.75) is 26.9 Å². The molecule has 0 saturated heterocycles. The van der Waals surface area contributed by atoms with Gasteiger partial charge in [-0.25, -0.2) is 4.39 Å². The summed E-state index contributed by atoms with van der Waals surface area (Å²) in [6, 6.07) is 7.49. The van der Waals surface area contributed by atoms with Gasteiger partial charge in [0.1, 0.15) is 23.9 Å². The molecule has 6 nitrogen and oxygen atoms in total. The summed E-state index contributed by atoms with van der Waals surface area (Å²) >= 11 is 0. The van der Waals surface area contributed by atoms with Gasteiger partial charge in [-0.05, 0) is 38.1 Å².